The number of halogens is 3. The summed E-state index contributed by atoms with van der Waals surface area (Å²) >= 11 is 0.882. The van der Waals surface area contributed by atoms with Crippen molar-refractivity contribution in [1.82, 2.24) is 15.0 Å². The van der Waals surface area contributed by atoms with E-state index in [0.717, 1.165) is 11.8 Å². The molecule has 0 atom stereocenters. The highest BCUT2D eigenvalue weighted by molar-refractivity contribution is 7.98. The van der Waals surface area contributed by atoms with Gasteiger partial charge in [-0.25, -0.2) is 18.7 Å². The maximum absolute atomic E-state index is 13.3. The van der Waals surface area contributed by atoms with Crippen LogP contribution in [0, 0.1) is 24.5 Å². The van der Waals surface area contributed by atoms with Gasteiger partial charge in [-0.15, -0.1) is 0 Å². The van der Waals surface area contributed by atoms with Crippen molar-refractivity contribution in [3.63, 3.8) is 0 Å². The summed E-state index contributed by atoms with van der Waals surface area (Å²) in [4.78, 5) is 10.6. The van der Waals surface area contributed by atoms with Crippen molar-refractivity contribution in [1.29, 1.82) is 0 Å². The molecule has 1 N–H and O–H groups in total. The number of aromatic nitrogens is 3. The molecule has 0 bridgehead atoms. The van der Waals surface area contributed by atoms with E-state index < -0.39 is 23.1 Å². The molecule has 0 saturated heterocycles. The van der Waals surface area contributed by atoms with Crippen LogP contribution in [-0.2, 0) is 5.75 Å². The van der Waals surface area contributed by atoms with E-state index in [0.29, 0.717) is 11.9 Å². The molecule has 0 saturated carbocycles. The van der Waals surface area contributed by atoms with Crippen LogP contribution < -0.4 is 0 Å². The van der Waals surface area contributed by atoms with Gasteiger partial charge in [-0.05, 0) is 6.92 Å². The van der Waals surface area contributed by atoms with Crippen LogP contribution in [-0.4, -0.2) is 20.1 Å². The first-order chi connectivity index (χ1) is 8.97. The normalized spacial score (nSPS) is 10.7. The lowest BCUT2D eigenvalue weighted by Gasteiger charge is -2.05. The summed E-state index contributed by atoms with van der Waals surface area (Å²) in [6, 6.07) is 1.34. The summed E-state index contributed by atoms with van der Waals surface area (Å²) in [6.45, 7) is 1.64. The van der Waals surface area contributed by atoms with Gasteiger partial charge in [0.05, 0.1) is 6.20 Å². The van der Waals surface area contributed by atoms with Gasteiger partial charge in [0.25, 0.3) is 0 Å². The predicted molar refractivity (Wildman–Crippen MR) is 62.1 cm³/mol. The highest BCUT2D eigenvalue weighted by Crippen LogP contribution is 2.25. The molecule has 0 spiro atoms. The summed E-state index contributed by atoms with van der Waals surface area (Å²) in [5, 5.41) is 9.41. The fourth-order valence-electron chi connectivity index (χ4n) is 1.34. The molecule has 19 heavy (non-hydrogen) atoms. The van der Waals surface area contributed by atoms with E-state index in [2.05, 4.69) is 15.0 Å². The maximum Gasteiger partial charge on any atom is 0.249 e. The zero-order valence-electron chi connectivity index (χ0n) is 9.69. The second-order valence-corrected chi connectivity index (χ2v) is 4.57. The number of thioether (sulfide) groups is 1. The lowest BCUT2D eigenvalue weighted by Crippen LogP contribution is -2.01. The summed E-state index contributed by atoms with van der Waals surface area (Å²) in [5.41, 5.74) is 0.0685. The Labute approximate surface area is 110 Å². The van der Waals surface area contributed by atoms with E-state index in [1.54, 1.807) is 6.92 Å². The minimum atomic E-state index is -1.36. The van der Waals surface area contributed by atoms with E-state index in [9.17, 15) is 18.3 Å². The molecule has 0 unspecified atom stereocenters. The number of aromatic hydroxyl groups is 1. The Hall–Kier alpha value is -1.83. The van der Waals surface area contributed by atoms with Crippen LogP contribution in [0.1, 0.15) is 11.3 Å². The van der Waals surface area contributed by atoms with Crippen molar-refractivity contribution >= 4 is 11.8 Å². The molecule has 0 radical (unpaired) electrons. The molecule has 0 aromatic carbocycles. The Morgan fingerprint density at radius 1 is 1.26 bits per heavy atom. The quantitative estimate of drug-likeness (QED) is 0.534. The first-order valence-corrected chi connectivity index (χ1v) is 6.11. The molecule has 2 rings (SSSR count). The molecule has 8 heteroatoms. The highest BCUT2D eigenvalue weighted by Gasteiger charge is 2.16. The van der Waals surface area contributed by atoms with E-state index in [1.807, 2.05) is 0 Å². The maximum atomic E-state index is 13.3. The van der Waals surface area contributed by atoms with Crippen molar-refractivity contribution in [3.05, 3.63) is 41.1 Å². The summed E-state index contributed by atoms with van der Waals surface area (Å²) in [7, 11) is 0. The van der Waals surface area contributed by atoms with Crippen molar-refractivity contribution in [3.8, 4) is 5.88 Å². The SMILES string of the molecule is Cc1cc(O)nc(SCc2c(F)cnc(F)c2F)n1. The number of hydrogen-bond donors (Lipinski definition) is 1. The van der Waals surface area contributed by atoms with E-state index in [1.165, 1.54) is 6.07 Å². The largest absolute Gasteiger partial charge is 0.493 e. The van der Waals surface area contributed by atoms with Crippen LogP contribution in [0.5, 0.6) is 5.88 Å². The number of rotatable bonds is 3. The molecular weight excluding hydrogens is 279 g/mol. The Morgan fingerprint density at radius 2 is 2.00 bits per heavy atom. The van der Waals surface area contributed by atoms with Crippen LogP contribution in [0.15, 0.2) is 17.4 Å². The molecule has 0 aliphatic rings. The summed E-state index contributed by atoms with van der Waals surface area (Å²) in [5.74, 6) is -4.07. The molecule has 2 aromatic rings. The smallest absolute Gasteiger partial charge is 0.249 e. The van der Waals surface area contributed by atoms with Gasteiger partial charge in [-0.3, -0.25) is 0 Å². The van der Waals surface area contributed by atoms with Crippen molar-refractivity contribution in [2.45, 2.75) is 17.8 Å². The molecule has 2 aromatic heterocycles. The lowest BCUT2D eigenvalue weighted by atomic mass is 10.3. The lowest BCUT2D eigenvalue weighted by molar-refractivity contribution is 0.444. The minimum absolute atomic E-state index is 0.147. The Kier molecular flexibility index (Phi) is 3.89. The van der Waals surface area contributed by atoms with Gasteiger partial charge in [-0.1, -0.05) is 11.8 Å². The van der Waals surface area contributed by atoms with E-state index >= 15 is 0 Å². The Morgan fingerprint density at radius 3 is 2.68 bits per heavy atom. The number of aryl methyl sites for hydroxylation is 1. The molecule has 0 aliphatic carbocycles. The van der Waals surface area contributed by atoms with Gasteiger partial charge in [0.15, 0.2) is 11.0 Å². The summed E-state index contributed by atoms with van der Waals surface area (Å²) in [6.07, 6.45) is 0.614. The zero-order chi connectivity index (χ0) is 14.0. The van der Waals surface area contributed by atoms with Gasteiger partial charge >= 0.3 is 0 Å². The Balaban J connectivity index is 2.21. The second kappa shape index (κ2) is 5.43. The van der Waals surface area contributed by atoms with Crippen LogP contribution in [0.4, 0.5) is 13.2 Å². The van der Waals surface area contributed by atoms with Gasteiger partial charge in [-0.2, -0.15) is 9.37 Å². The third-order valence-corrected chi connectivity index (χ3v) is 3.07. The van der Waals surface area contributed by atoms with Gasteiger partial charge < -0.3 is 5.11 Å². The van der Waals surface area contributed by atoms with E-state index in [4.69, 9.17) is 0 Å². The average Bonchev–Trinajstić information content (AvgIpc) is 2.33. The highest BCUT2D eigenvalue weighted by atomic mass is 32.2. The molecule has 4 nitrogen and oxygen atoms in total. The fraction of sp³-hybridized carbons (Fsp3) is 0.182. The molecule has 100 valence electrons. The van der Waals surface area contributed by atoms with Crippen molar-refractivity contribution in [2.75, 3.05) is 0 Å². The number of nitrogens with zero attached hydrogens (tertiary/aromatic N) is 3. The minimum Gasteiger partial charge on any atom is -0.493 e. The molecule has 2 heterocycles. The monoisotopic (exact) mass is 287 g/mol. The standard InChI is InChI=1S/C11H8F3N3OS/c1-5-2-8(18)17-11(16-5)19-4-6-7(12)3-15-10(14)9(6)13/h2-3H,4H2,1H3,(H,16,17,18). The van der Waals surface area contributed by atoms with Gasteiger partial charge in [0.2, 0.25) is 11.8 Å². The van der Waals surface area contributed by atoms with Crippen LogP contribution in [0.25, 0.3) is 0 Å². The van der Waals surface area contributed by atoms with Crippen LogP contribution >= 0.6 is 11.8 Å². The molecule has 0 aliphatic heterocycles. The van der Waals surface area contributed by atoms with Gasteiger partial charge in [0.1, 0.15) is 5.82 Å². The van der Waals surface area contributed by atoms with Crippen molar-refractivity contribution < 1.29 is 18.3 Å². The number of hydrogen-bond acceptors (Lipinski definition) is 5. The second-order valence-electron chi connectivity index (χ2n) is 3.63. The van der Waals surface area contributed by atoms with Crippen molar-refractivity contribution in [2.24, 2.45) is 0 Å². The topological polar surface area (TPSA) is 58.9 Å². The van der Waals surface area contributed by atoms with Gasteiger partial charge in [0, 0.05) is 23.1 Å². The molecule has 0 amide bonds. The molecular formula is C11H8F3N3OS. The average molecular weight is 287 g/mol. The first kappa shape index (κ1) is 13.6. The van der Waals surface area contributed by atoms with Crippen LogP contribution in [0.3, 0.4) is 0 Å². The fourth-order valence-corrected chi connectivity index (χ4v) is 2.24. The number of pyridine rings is 1. The van der Waals surface area contributed by atoms with Crippen LogP contribution in [0.2, 0.25) is 0 Å². The first-order valence-electron chi connectivity index (χ1n) is 5.13. The summed E-state index contributed by atoms with van der Waals surface area (Å²) < 4.78 is 39.5. The Bertz CT molecular complexity index is 604. The molecule has 0 fully saturated rings. The zero-order valence-corrected chi connectivity index (χ0v) is 10.5. The van der Waals surface area contributed by atoms with E-state index in [-0.39, 0.29) is 16.8 Å². The third kappa shape index (κ3) is 3.14. The predicted octanol–water partition coefficient (Wildman–Crippen LogP) is 2.60. The third-order valence-electron chi connectivity index (χ3n) is 2.19.